The molecule has 3 aliphatic heterocycles. The highest BCUT2D eigenvalue weighted by Crippen LogP contribution is 2.31. The van der Waals surface area contributed by atoms with Gasteiger partial charge >= 0.3 is 0 Å². The Balaban J connectivity index is 1.25. The van der Waals surface area contributed by atoms with Crippen LogP contribution in [0, 0.1) is 11.8 Å². The molecule has 0 aliphatic carbocycles. The van der Waals surface area contributed by atoms with E-state index in [-0.39, 0.29) is 0 Å². The van der Waals surface area contributed by atoms with Gasteiger partial charge in [-0.1, -0.05) is 30.3 Å². The maximum Gasteiger partial charge on any atom is 0.222 e. The highest BCUT2D eigenvalue weighted by atomic mass is 16.5. The van der Waals surface area contributed by atoms with Crippen molar-refractivity contribution in [3.05, 3.63) is 35.9 Å². The van der Waals surface area contributed by atoms with E-state index in [4.69, 9.17) is 4.74 Å². The molecule has 1 aromatic rings. The summed E-state index contributed by atoms with van der Waals surface area (Å²) < 4.78 is 5.31. The van der Waals surface area contributed by atoms with E-state index in [0.717, 1.165) is 64.3 Å². The van der Waals surface area contributed by atoms with Gasteiger partial charge in [0.05, 0.1) is 6.61 Å². The second kappa shape index (κ2) is 12.3. The van der Waals surface area contributed by atoms with Crippen LogP contribution in [0.3, 0.4) is 0 Å². The summed E-state index contributed by atoms with van der Waals surface area (Å²) in [5.41, 5.74) is 1.41. The number of amides is 1. The van der Waals surface area contributed by atoms with Crippen LogP contribution in [0.5, 0.6) is 0 Å². The summed E-state index contributed by atoms with van der Waals surface area (Å²) in [6.07, 6.45) is 6.25. The van der Waals surface area contributed by atoms with Crippen molar-refractivity contribution in [2.45, 2.75) is 57.2 Å². The first kappa shape index (κ1) is 24.6. The van der Waals surface area contributed by atoms with Gasteiger partial charge in [0.25, 0.3) is 0 Å². The molecule has 2 bridgehead atoms. The topological polar surface area (TPSA) is 48.1 Å². The van der Waals surface area contributed by atoms with E-state index in [2.05, 4.69) is 57.4 Å². The molecule has 4 rings (SSSR count). The van der Waals surface area contributed by atoms with Crippen LogP contribution in [0.1, 0.15) is 44.1 Å². The third kappa shape index (κ3) is 7.01. The van der Waals surface area contributed by atoms with Gasteiger partial charge in [-0.2, -0.15) is 0 Å². The lowest BCUT2D eigenvalue weighted by Gasteiger charge is -2.46. The minimum atomic E-state index is 0.324. The largest absolute Gasteiger partial charge is 0.383 e. The number of methoxy groups -OCH3 is 1. The molecule has 6 nitrogen and oxygen atoms in total. The van der Waals surface area contributed by atoms with Crippen LogP contribution >= 0.6 is 0 Å². The summed E-state index contributed by atoms with van der Waals surface area (Å²) >= 11 is 0. The summed E-state index contributed by atoms with van der Waals surface area (Å²) in [6.45, 7) is 8.07. The molecule has 3 fully saturated rings. The number of ether oxygens (including phenoxy) is 1. The first-order valence-electron chi connectivity index (χ1n) is 13.1. The van der Waals surface area contributed by atoms with Crippen LogP contribution in [0.2, 0.25) is 0 Å². The molecule has 0 aromatic heterocycles. The normalized spacial score (nSPS) is 26.9. The molecule has 2 unspecified atom stereocenters. The Morgan fingerprint density at radius 1 is 1.18 bits per heavy atom. The lowest BCUT2D eigenvalue weighted by molar-refractivity contribution is -0.135. The number of likely N-dealkylation sites (tertiary alicyclic amines) is 2. The monoisotopic (exact) mass is 456 g/mol. The van der Waals surface area contributed by atoms with Crippen LogP contribution in [0.25, 0.3) is 0 Å². The first-order chi connectivity index (χ1) is 16.1. The van der Waals surface area contributed by atoms with E-state index in [1.807, 2.05) is 0 Å². The summed E-state index contributed by atoms with van der Waals surface area (Å²) in [6, 6.07) is 11.8. The number of fused-ring (bicyclic) bond motifs is 2. The molecule has 3 aliphatic rings. The first-order valence-corrected chi connectivity index (χ1v) is 13.1. The fraction of sp³-hybridized carbons (Fsp3) is 0.741. The number of rotatable bonds is 10. The molecule has 1 N–H and O–H groups in total. The van der Waals surface area contributed by atoms with Crippen molar-refractivity contribution >= 4 is 5.91 Å². The minimum absolute atomic E-state index is 0.324. The van der Waals surface area contributed by atoms with E-state index in [0.29, 0.717) is 36.9 Å². The number of carbonyl (C=O) groups excluding carboxylic acids is 1. The van der Waals surface area contributed by atoms with Crippen molar-refractivity contribution in [1.82, 2.24) is 20.0 Å². The molecule has 6 heteroatoms. The predicted molar refractivity (Wildman–Crippen MR) is 133 cm³/mol. The molecule has 0 radical (unpaired) electrons. The quantitative estimate of drug-likeness (QED) is 0.587. The Labute approximate surface area is 200 Å². The second-order valence-electron chi connectivity index (χ2n) is 10.6. The van der Waals surface area contributed by atoms with Gasteiger partial charge in [-0.25, -0.2) is 0 Å². The Bertz CT molecular complexity index is 722. The molecule has 3 atom stereocenters. The molecule has 1 aromatic carbocycles. The van der Waals surface area contributed by atoms with Crippen molar-refractivity contribution in [3.63, 3.8) is 0 Å². The van der Waals surface area contributed by atoms with E-state index in [1.165, 1.54) is 25.1 Å². The van der Waals surface area contributed by atoms with E-state index in [9.17, 15) is 4.79 Å². The predicted octanol–water partition coefficient (Wildman–Crippen LogP) is 2.84. The average Bonchev–Trinajstić information content (AvgIpc) is 2.82. The number of hydrogen-bond acceptors (Lipinski definition) is 5. The Morgan fingerprint density at radius 2 is 1.97 bits per heavy atom. The number of carbonyl (C=O) groups is 1. The smallest absolute Gasteiger partial charge is 0.222 e. The van der Waals surface area contributed by atoms with E-state index < -0.39 is 0 Å². The fourth-order valence-electron chi connectivity index (χ4n) is 6.21. The number of hydrogen-bond donors (Lipinski definition) is 1. The zero-order chi connectivity index (χ0) is 23.0. The summed E-state index contributed by atoms with van der Waals surface area (Å²) in [7, 11) is 3.90. The van der Waals surface area contributed by atoms with Crippen LogP contribution in [0.15, 0.2) is 30.3 Å². The minimum Gasteiger partial charge on any atom is -0.383 e. The fourth-order valence-corrected chi connectivity index (χ4v) is 6.21. The van der Waals surface area contributed by atoms with Crippen molar-refractivity contribution in [2.24, 2.45) is 11.8 Å². The number of piperidine rings is 3. The van der Waals surface area contributed by atoms with Crippen LogP contribution in [-0.4, -0.2) is 92.7 Å². The molecule has 0 saturated carbocycles. The summed E-state index contributed by atoms with van der Waals surface area (Å²) in [5.74, 6) is 1.79. The van der Waals surface area contributed by atoms with Crippen LogP contribution < -0.4 is 5.32 Å². The van der Waals surface area contributed by atoms with Gasteiger partial charge in [0.15, 0.2) is 0 Å². The van der Waals surface area contributed by atoms with Crippen molar-refractivity contribution in [1.29, 1.82) is 0 Å². The third-order valence-electron chi connectivity index (χ3n) is 8.02. The molecular formula is C27H44N4O2. The van der Waals surface area contributed by atoms with E-state index in [1.54, 1.807) is 7.11 Å². The maximum absolute atomic E-state index is 13.2. The SMILES string of the molecule is COCCN(C(=O)CCC[C@H]1NCC2CC1CN(Cc1ccccc1)C2)C1CCN(C)CC1. The number of nitrogens with one attached hydrogen (secondary N) is 1. The summed E-state index contributed by atoms with van der Waals surface area (Å²) in [4.78, 5) is 20.3. The van der Waals surface area contributed by atoms with Crippen LogP contribution in [0.4, 0.5) is 0 Å². The lowest BCUT2D eigenvalue weighted by atomic mass is 9.79. The Morgan fingerprint density at radius 3 is 2.73 bits per heavy atom. The zero-order valence-corrected chi connectivity index (χ0v) is 20.8. The van der Waals surface area contributed by atoms with Gasteiger partial charge < -0.3 is 19.9 Å². The lowest BCUT2D eigenvalue weighted by Crippen LogP contribution is -2.55. The second-order valence-corrected chi connectivity index (χ2v) is 10.6. The molecule has 33 heavy (non-hydrogen) atoms. The average molecular weight is 457 g/mol. The van der Waals surface area contributed by atoms with E-state index >= 15 is 0 Å². The van der Waals surface area contributed by atoms with Crippen LogP contribution in [-0.2, 0) is 16.1 Å². The molecule has 1 amide bonds. The molecule has 184 valence electrons. The van der Waals surface area contributed by atoms with Gasteiger partial charge in [0.2, 0.25) is 5.91 Å². The molecule has 3 heterocycles. The van der Waals surface area contributed by atoms with Gasteiger partial charge in [-0.15, -0.1) is 0 Å². The molecule has 0 spiro atoms. The van der Waals surface area contributed by atoms with Gasteiger partial charge in [-0.05, 0) is 76.2 Å². The Kier molecular flexibility index (Phi) is 9.18. The van der Waals surface area contributed by atoms with Gasteiger partial charge in [0, 0.05) is 51.8 Å². The Hall–Kier alpha value is -1.47. The van der Waals surface area contributed by atoms with Crippen molar-refractivity contribution < 1.29 is 9.53 Å². The van der Waals surface area contributed by atoms with Gasteiger partial charge in [0.1, 0.15) is 0 Å². The third-order valence-corrected chi connectivity index (χ3v) is 8.02. The molecule has 3 saturated heterocycles. The summed E-state index contributed by atoms with van der Waals surface area (Å²) in [5, 5.41) is 3.83. The highest BCUT2D eigenvalue weighted by molar-refractivity contribution is 5.76. The zero-order valence-electron chi connectivity index (χ0n) is 20.8. The van der Waals surface area contributed by atoms with Crippen molar-refractivity contribution in [2.75, 3.05) is 60.0 Å². The van der Waals surface area contributed by atoms with Gasteiger partial charge in [-0.3, -0.25) is 9.69 Å². The highest BCUT2D eigenvalue weighted by Gasteiger charge is 2.36. The number of benzene rings is 1. The maximum atomic E-state index is 13.2. The molecular weight excluding hydrogens is 412 g/mol. The number of nitrogens with zero attached hydrogens (tertiary/aromatic N) is 3. The standard InChI is InChI=1S/C27H44N4O2/c1-29-13-11-25(12-14-29)31(15-16-33-2)27(32)10-6-9-26-24-17-23(18-28-26)20-30(21-24)19-22-7-4-3-5-8-22/h3-5,7-8,23-26,28H,6,9-21H2,1-2H3/t23?,24?,26-/m1/s1. The van der Waals surface area contributed by atoms with Crippen molar-refractivity contribution in [3.8, 4) is 0 Å².